The summed E-state index contributed by atoms with van der Waals surface area (Å²) in [7, 11) is 1.17. The van der Waals surface area contributed by atoms with Crippen LogP contribution in [0.1, 0.15) is 10.5 Å². The van der Waals surface area contributed by atoms with Gasteiger partial charge >= 0.3 is 5.97 Å². The molecule has 0 amide bonds. The number of nitrogens with one attached hydrogen (secondary N) is 1. The first-order chi connectivity index (χ1) is 6.06. The monoisotopic (exact) mass is 203 g/mol. The van der Waals surface area contributed by atoms with Gasteiger partial charge in [-0.05, 0) is 0 Å². The second-order valence-electron chi connectivity index (χ2n) is 2.11. The topological polar surface area (TPSA) is 98.1 Å². The third-order valence-electron chi connectivity index (χ3n) is 1.28. The van der Waals surface area contributed by atoms with Gasteiger partial charge in [0.15, 0.2) is 10.8 Å². The fourth-order valence-electron chi connectivity index (χ4n) is 0.695. The zero-order valence-electron chi connectivity index (χ0n) is 6.63. The molecule has 1 rings (SSSR count). The van der Waals surface area contributed by atoms with Gasteiger partial charge in [-0.1, -0.05) is 11.6 Å². The van der Waals surface area contributed by atoms with Gasteiger partial charge in [0.2, 0.25) is 0 Å². The average Bonchev–Trinajstić information content (AvgIpc) is 2.10. The van der Waals surface area contributed by atoms with Crippen molar-refractivity contribution in [3.05, 3.63) is 21.2 Å². The largest absolute Gasteiger partial charge is 0.464 e. The van der Waals surface area contributed by atoms with Crippen LogP contribution < -0.4 is 11.3 Å². The Morgan fingerprint density at radius 3 is 2.85 bits per heavy atom. The lowest BCUT2D eigenvalue weighted by molar-refractivity contribution is 0.0595. The molecule has 7 heteroatoms. The van der Waals surface area contributed by atoms with Crippen LogP contribution in [0.2, 0.25) is 5.15 Å². The van der Waals surface area contributed by atoms with E-state index in [0.717, 1.165) is 0 Å². The third kappa shape index (κ3) is 1.78. The molecule has 1 aromatic heterocycles. The third-order valence-corrected chi connectivity index (χ3v) is 1.54. The molecule has 0 radical (unpaired) electrons. The van der Waals surface area contributed by atoms with Crippen LogP contribution in [0.5, 0.6) is 0 Å². The second-order valence-corrected chi connectivity index (χ2v) is 2.47. The highest BCUT2D eigenvalue weighted by Gasteiger charge is 2.14. The fourth-order valence-corrected chi connectivity index (χ4v) is 0.826. The number of aromatic amines is 1. The average molecular weight is 204 g/mol. The van der Waals surface area contributed by atoms with E-state index in [1.54, 1.807) is 0 Å². The number of nitrogen functional groups attached to an aromatic ring is 1. The fraction of sp³-hybridized carbons (Fsp3) is 0.167. The van der Waals surface area contributed by atoms with Gasteiger partial charge in [0, 0.05) is 0 Å². The minimum atomic E-state index is -0.754. The van der Waals surface area contributed by atoms with Crippen LogP contribution in [-0.2, 0) is 4.74 Å². The molecular formula is C6H6ClN3O3. The number of carbonyl (C=O) groups is 1. The number of carbonyl (C=O) groups excluding carboxylic acids is 1. The van der Waals surface area contributed by atoms with Gasteiger partial charge in [-0.25, -0.2) is 9.78 Å². The van der Waals surface area contributed by atoms with Crippen molar-refractivity contribution in [2.75, 3.05) is 12.8 Å². The molecule has 0 aliphatic heterocycles. The Kier molecular flexibility index (Phi) is 2.52. The highest BCUT2D eigenvalue weighted by Crippen LogP contribution is 2.06. The molecule has 0 fully saturated rings. The van der Waals surface area contributed by atoms with Crippen molar-refractivity contribution in [1.29, 1.82) is 0 Å². The second kappa shape index (κ2) is 3.44. The van der Waals surface area contributed by atoms with E-state index in [0.29, 0.717) is 0 Å². The summed E-state index contributed by atoms with van der Waals surface area (Å²) in [5, 5.41) is -0.352. The number of methoxy groups -OCH3 is 1. The Morgan fingerprint density at radius 1 is 1.69 bits per heavy atom. The zero-order chi connectivity index (χ0) is 10.0. The van der Waals surface area contributed by atoms with E-state index in [9.17, 15) is 9.59 Å². The normalized spacial score (nSPS) is 9.69. The molecular weight excluding hydrogens is 198 g/mol. The minimum absolute atomic E-state index is 0.166. The molecule has 3 N–H and O–H groups in total. The van der Waals surface area contributed by atoms with E-state index in [1.807, 2.05) is 0 Å². The maximum atomic E-state index is 11.0. The molecule has 0 unspecified atom stereocenters. The van der Waals surface area contributed by atoms with Crippen molar-refractivity contribution < 1.29 is 9.53 Å². The predicted molar refractivity (Wildman–Crippen MR) is 45.6 cm³/mol. The quantitative estimate of drug-likeness (QED) is 0.616. The molecule has 1 aromatic rings. The summed E-state index contributed by atoms with van der Waals surface area (Å²) >= 11 is 5.37. The van der Waals surface area contributed by atoms with Gasteiger partial charge in [0.25, 0.3) is 5.56 Å². The van der Waals surface area contributed by atoms with Crippen molar-refractivity contribution in [3.8, 4) is 0 Å². The van der Waals surface area contributed by atoms with Crippen LogP contribution in [0.4, 0.5) is 5.82 Å². The molecule has 0 atom stereocenters. The Bertz CT molecular complexity index is 401. The van der Waals surface area contributed by atoms with Crippen LogP contribution >= 0.6 is 11.6 Å². The number of anilines is 1. The molecule has 0 spiro atoms. The minimum Gasteiger partial charge on any atom is -0.464 e. The molecule has 0 aliphatic carbocycles. The number of halogens is 1. The summed E-state index contributed by atoms with van der Waals surface area (Å²) in [4.78, 5) is 27.4. The molecule has 0 saturated carbocycles. The molecule has 1 heterocycles. The summed E-state index contributed by atoms with van der Waals surface area (Å²) in [5.41, 5.74) is 4.44. The van der Waals surface area contributed by atoms with Crippen molar-refractivity contribution in [2.45, 2.75) is 0 Å². The number of ether oxygens (including phenoxy) is 1. The van der Waals surface area contributed by atoms with Crippen molar-refractivity contribution in [1.82, 2.24) is 9.97 Å². The van der Waals surface area contributed by atoms with Gasteiger partial charge in [-0.15, -0.1) is 0 Å². The van der Waals surface area contributed by atoms with Gasteiger partial charge in [-0.3, -0.25) is 4.79 Å². The molecule has 0 aliphatic rings. The summed E-state index contributed by atoms with van der Waals surface area (Å²) in [6.45, 7) is 0. The SMILES string of the molecule is COC(=O)c1nc(Cl)c(=O)[nH]c1N. The summed E-state index contributed by atoms with van der Waals surface area (Å²) in [6, 6.07) is 0. The first-order valence-electron chi connectivity index (χ1n) is 3.20. The van der Waals surface area contributed by atoms with E-state index < -0.39 is 11.5 Å². The molecule has 13 heavy (non-hydrogen) atoms. The van der Waals surface area contributed by atoms with Crippen LogP contribution in [-0.4, -0.2) is 23.0 Å². The molecule has 0 aromatic carbocycles. The van der Waals surface area contributed by atoms with Crippen molar-refractivity contribution in [3.63, 3.8) is 0 Å². The molecule has 6 nitrogen and oxygen atoms in total. The first kappa shape index (κ1) is 9.53. The number of nitrogens with zero attached hydrogens (tertiary/aromatic N) is 1. The Morgan fingerprint density at radius 2 is 2.31 bits per heavy atom. The van der Waals surface area contributed by atoms with Crippen LogP contribution in [0.25, 0.3) is 0 Å². The maximum absolute atomic E-state index is 11.0. The van der Waals surface area contributed by atoms with Crippen molar-refractivity contribution >= 4 is 23.4 Å². The highest BCUT2D eigenvalue weighted by molar-refractivity contribution is 6.29. The number of hydrogen-bond donors (Lipinski definition) is 2. The van der Waals surface area contributed by atoms with E-state index in [2.05, 4.69) is 14.7 Å². The molecule has 0 bridgehead atoms. The summed E-state index contributed by atoms with van der Waals surface area (Å²) in [6.07, 6.45) is 0. The van der Waals surface area contributed by atoms with Crippen LogP contribution in [0, 0.1) is 0 Å². The lowest BCUT2D eigenvalue weighted by atomic mass is 10.4. The number of rotatable bonds is 1. The predicted octanol–water partition coefficient (Wildman–Crippen LogP) is -0.208. The molecule has 70 valence electrons. The summed E-state index contributed by atoms with van der Waals surface area (Å²) in [5.74, 6) is -0.920. The Hall–Kier alpha value is -1.56. The van der Waals surface area contributed by atoms with E-state index in [1.165, 1.54) is 7.11 Å². The van der Waals surface area contributed by atoms with Gasteiger partial charge < -0.3 is 15.5 Å². The number of nitrogens with two attached hydrogens (primary N) is 1. The van der Waals surface area contributed by atoms with E-state index >= 15 is 0 Å². The van der Waals surface area contributed by atoms with Gasteiger partial charge in [0.1, 0.15) is 5.82 Å². The van der Waals surface area contributed by atoms with Crippen LogP contribution in [0.15, 0.2) is 4.79 Å². The van der Waals surface area contributed by atoms with Crippen molar-refractivity contribution in [2.24, 2.45) is 0 Å². The van der Waals surface area contributed by atoms with Gasteiger partial charge in [-0.2, -0.15) is 0 Å². The van der Waals surface area contributed by atoms with Crippen LogP contribution in [0.3, 0.4) is 0 Å². The number of H-pyrrole nitrogens is 1. The highest BCUT2D eigenvalue weighted by atomic mass is 35.5. The Labute approximate surface area is 77.7 Å². The number of esters is 1. The van der Waals surface area contributed by atoms with Gasteiger partial charge in [0.05, 0.1) is 7.11 Å². The first-order valence-corrected chi connectivity index (χ1v) is 3.57. The zero-order valence-corrected chi connectivity index (χ0v) is 7.38. The lowest BCUT2D eigenvalue weighted by Crippen LogP contribution is -2.18. The molecule has 0 saturated heterocycles. The smallest absolute Gasteiger partial charge is 0.360 e. The van der Waals surface area contributed by atoms with E-state index in [-0.39, 0.29) is 16.7 Å². The number of hydrogen-bond acceptors (Lipinski definition) is 5. The maximum Gasteiger partial charge on any atom is 0.360 e. The summed E-state index contributed by atoms with van der Waals surface area (Å²) < 4.78 is 4.35. The lowest BCUT2D eigenvalue weighted by Gasteiger charge is -2.01. The standard InChI is InChI=1S/C6H6ClN3O3/c1-13-6(12)2-4(8)10-5(11)3(7)9-2/h1H3,(H3,8,10,11). The number of aromatic nitrogens is 2. The Balaban J connectivity index is 3.31. The van der Waals surface area contributed by atoms with E-state index in [4.69, 9.17) is 17.3 Å².